The lowest BCUT2D eigenvalue weighted by atomic mass is 9.90. The van der Waals surface area contributed by atoms with Gasteiger partial charge in [-0.3, -0.25) is 11.3 Å². The molecule has 1 aliphatic heterocycles. The highest BCUT2D eigenvalue weighted by atomic mass is 32.2. The number of ether oxygens (including phenoxy) is 1. The van der Waals surface area contributed by atoms with Crippen molar-refractivity contribution < 1.29 is 13.2 Å². The average molecular weight is 284 g/mol. The zero-order valence-corrected chi connectivity index (χ0v) is 12.0. The molecule has 0 aliphatic carbocycles. The van der Waals surface area contributed by atoms with Crippen molar-refractivity contribution in [3.05, 3.63) is 29.3 Å². The Kier molecular flexibility index (Phi) is 4.13. The average Bonchev–Trinajstić information content (AvgIpc) is 2.72. The molecule has 0 amide bonds. The molecule has 1 heterocycles. The Labute approximate surface area is 114 Å². The Morgan fingerprint density at radius 2 is 2.21 bits per heavy atom. The zero-order valence-electron chi connectivity index (χ0n) is 11.2. The third kappa shape index (κ3) is 3.08. The van der Waals surface area contributed by atoms with E-state index in [1.165, 1.54) is 0 Å². The van der Waals surface area contributed by atoms with Gasteiger partial charge in [0.05, 0.1) is 24.7 Å². The summed E-state index contributed by atoms with van der Waals surface area (Å²) in [5.74, 6) is 6.91. The molecule has 1 aromatic carbocycles. The molecule has 1 saturated heterocycles. The molecule has 0 aromatic heterocycles. The van der Waals surface area contributed by atoms with E-state index in [9.17, 15) is 8.42 Å². The summed E-state index contributed by atoms with van der Waals surface area (Å²) in [6.07, 6.45) is 0.655. The van der Waals surface area contributed by atoms with E-state index in [0.717, 1.165) is 16.9 Å². The van der Waals surface area contributed by atoms with Crippen LogP contribution in [-0.4, -0.2) is 27.0 Å². The molecule has 3 N–H and O–H groups in total. The van der Waals surface area contributed by atoms with Crippen molar-refractivity contribution >= 4 is 9.84 Å². The van der Waals surface area contributed by atoms with E-state index >= 15 is 0 Å². The maximum atomic E-state index is 11.6. The minimum atomic E-state index is -2.90. The Morgan fingerprint density at radius 3 is 2.68 bits per heavy atom. The number of sulfone groups is 1. The molecule has 0 spiro atoms. The van der Waals surface area contributed by atoms with Crippen LogP contribution >= 0.6 is 0 Å². The molecule has 1 fully saturated rings. The maximum Gasteiger partial charge on any atom is 0.150 e. The molecule has 2 unspecified atom stereocenters. The van der Waals surface area contributed by atoms with Gasteiger partial charge in [-0.25, -0.2) is 8.42 Å². The first-order chi connectivity index (χ1) is 8.96. The molecule has 1 aliphatic rings. The summed E-state index contributed by atoms with van der Waals surface area (Å²) in [5, 5.41) is 0. The highest BCUT2D eigenvalue weighted by Gasteiger charge is 2.34. The first kappa shape index (κ1) is 14.3. The fourth-order valence-corrected chi connectivity index (χ4v) is 4.53. The van der Waals surface area contributed by atoms with Crippen LogP contribution in [0.1, 0.15) is 23.6 Å². The van der Waals surface area contributed by atoms with Crippen LogP contribution in [0.3, 0.4) is 0 Å². The largest absolute Gasteiger partial charge is 0.497 e. The molecule has 0 saturated carbocycles. The highest BCUT2D eigenvalue weighted by molar-refractivity contribution is 7.91. The molecule has 0 radical (unpaired) electrons. The van der Waals surface area contributed by atoms with Gasteiger partial charge in [0.1, 0.15) is 5.75 Å². The minimum Gasteiger partial charge on any atom is -0.497 e. The van der Waals surface area contributed by atoms with Crippen molar-refractivity contribution in [1.29, 1.82) is 0 Å². The van der Waals surface area contributed by atoms with Gasteiger partial charge in [-0.2, -0.15) is 0 Å². The lowest BCUT2D eigenvalue weighted by Gasteiger charge is -2.24. The van der Waals surface area contributed by atoms with E-state index in [-0.39, 0.29) is 23.5 Å². The lowest BCUT2D eigenvalue weighted by Crippen LogP contribution is -2.34. The Bertz CT molecular complexity index is 557. The summed E-state index contributed by atoms with van der Waals surface area (Å²) >= 11 is 0. The van der Waals surface area contributed by atoms with E-state index in [0.29, 0.717) is 6.42 Å². The van der Waals surface area contributed by atoms with Gasteiger partial charge in [-0.05, 0) is 42.5 Å². The molecule has 1 aromatic rings. The summed E-state index contributed by atoms with van der Waals surface area (Å²) in [7, 11) is -1.28. The standard InChI is InChI=1S/C13H20N2O3S/c1-9-7-11(18-2)3-4-12(9)13(15-14)10-5-6-19(16,17)8-10/h3-4,7,10,13,15H,5-6,8,14H2,1-2H3. The van der Waals surface area contributed by atoms with Crippen LogP contribution < -0.4 is 16.0 Å². The topological polar surface area (TPSA) is 81.4 Å². The van der Waals surface area contributed by atoms with Crippen molar-refractivity contribution in [3.8, 4) is 5.75 Å². The second-order valence-electron chi connectivity index (χ2n) is 5.03. The number of nitrogens with one attached hydrogen (secondary N) is 1. The van der Waals surface area contributed by atoms with E-state index in [4.69, 9.17) is 10.6 Å². The van der Waals surface area contributed by atoms with Gasteiger partial charge in [-0.15, -0.1) is 0 Å². The molecule has 6 heteroatoms. The van der Waals surface area contributed by atoms with Gasteiger partial charge in [0.25, 0.3) is 0 Å². The first-order valence-corrected chi connectivity index (χ1v) is 8.10. The molecule has 19 heavy (non-hydrogen) atoms. The lowest BCUT2D eigenvalue weighted by molar-refractivity contribution is 0.394. The Balaban J connectivity index is 2.27. The minimum absolute atomic E-state index is 0.0297. The van der Waals surface area contributed by atoms with Crippen LogP contribution in [0.15, 0.2) is 18.2 Å². The predicted molar refractivity (Wildman–Crippen MR) is 74.6 cm³/mol. The third-order valence-electron chi connectivity index (χ3n) is 3.73. The van der Waals surface area contributed by atoms with Gasteiger partial charge in [0.15, 0.2) is 9.84 Å². The molecule has 2 atom stereocenters. The number of rotatable bonds is 4. The van der Waals surface area contributed by atoms with Gasteiger partial charge >= 0.3 is 0 Å². The summed E-state index contributed by atoms with van der Waals surface area (Å²) in [6.45, 7) is 1.98. The van der Waals surface area contributed by atoms with E-state index in [1.807, 2.05) is 25.1 Å². The van der Waals surface area contributed by atoms with Crippen LogP contribution in [0.25, 0.3) is 0 Å². The van der Waals surface area contributed by atoms with Crippen LogP contribution in [-0.2, 0) is 9.84 Å². The van der Waals surface area contributed by atoms with Crippen LogP contribution in [0.4, 0.5) is 0 Å². The predicted octanol–water partition coefficient (Wildman–Crippen LogP) is 0.943. The normalized spacial score (nSPS) is 23.2. The number of hydrazine groups is 1. The number of hydrogen-bond acceptors (Lipinski definition) is 5. The third-order valence-corrected chi connectivity index (χ3v) is 5.52. The highest BCUT2D eigenvalue weighted by Crippen LogP contribution is 2.33. The van der Waals surface area contributed by atoms with Crippen molar-refractivity contribution in [2.75, 3.05) is 18.6 Å². The van der Waals surface area contributed by atoms with E-state index < -0.39 is 9.84 Å². The van der Waals surface area contributed by atoms with Crippen LogP contribution in [0.5, 0.6) is 5.75 Å². The first-order valence-electron chi connectivity index (χ1n) is 6.28. The summed E-state index contributed by atoms with van der Waals surface area (Å²) in [5.41, 5.74) is 4.85. The molecule has 2 rings (SSSR count). The second kappa shape index (κ2) is 5.48. The monoisotopic (exact) mass is 284 g/mol. The number of methoxy groups -OCH3 is 1. The summed E-state index contributed by atoms with van der Waals surface area (Å²) in [4.78, 5) is 0. The maximum absolute atomic E-state index is 11.6. The Morgan fingerprint density at radius 1 is 1.47 bits per heavy atom. The quantitative estimate of drug-likeness (QED) is 0.635. The van der Waals surface area contributed by atoms with Gasteiger partial charge in [-0.1, -0.05) is 6.07 Å². The van der Waals surface area contributed by atoms with Gasteiger partial charge in [0.2, 0.25) is 0 Å². The molecule has 0 bridgehead atoms. The number of nitrogens with two attached hydrogens (primary N) is 1. The molecule has 5 nitrogen and oxygen atoms in total. The van der Waals surface area contributed by atoms with Crippen molar-refractivity contribution in [1.82, 2.24) is 5.43 Å². The summed E-state index contributed by atoms with van der Waals surface area (Å²) < 4.78 is 28.4. The Hall–Kier alpha value is -1.11. The summed E-state index contributed by atoms with van der Waals surface area (Å²) in [6, 6.07) is 5.62. The van der Waals surface area contributed by atoms with Crippen molar-refractivity contribution in [2.45, 2.75) is 19.4 Å². The van der Waals surface area contributed by atoms with Gasteiger partial charge in [0, 0.05) is 0 Å². The zero-order chi connectivity index (χ0) is 14.0. The SMILES string of the molecule is COc1ccc(C(NN)C2CCS(=O)(=O)C2)c(C)c1. The fourth-order valence-electron chi connectivity index (χ4n) is 2.69. The van der Waals surface area contributed by atoms with E-state index in [2.05, 4.69) is 5.43 Å². The number of aryl methyl sites for hydroxylation is 1. The fraction of sp³-hybridized carbons (Fsp3) is 0.538. The van der Waals surface area contributed by atoms with Crippen LogP contribution in [0, 0.1) is 12.8 Å². The smallest absolute Gasteiger partial charge is 0.150 e. The van der Waals surface area contributed by atoms with Crippen molar-refractivity contribution in [3.63, 3.8) is 0 Å². The molecular formula is C13H20N2O3S. The number of benzene rings is 1. The number of hydrogen-bond donors (Lipinski definition) is 2. The van der Waals surface area contributed by atoms with E-state index in [1.54, 1.807) is 7.11 Å². The van der Waals surface area contributed by atoms with Crippen molar-refractivity contribution in [2.24, 2.45) is 11.8 Å². The molecule has 106 valence electrons. The second-order valence-corrected chi connectivity index (χ2v) is 7.26. The van der Waals surface area contributed by atoms with Crippen LogP contribution in [0.2, 0.25) is 0 Å². The molecular weight excluding hydrogens is 264 g/mol. The van der Waals surface area contributed by atoms with Gasteiger partial charge < -0.3 is 4.74 Å².